The third-order valence-electron chi connectivity index (χ3n) is 4.87. The maximum absolute atomic E-state index is 12.2. The molecule has 0 radical (unpaired) electrons. The standard InChI is InChI=1S/C15H27N3O.2ClH/c19-15(4-3-13-5-6-16-11-13)18-9-7-17(8-10-18)12-14-1-2-14;;/h13-14,16H,1-12H2;2*1H. The van der Waals surface area contributed by atoms with E-state index in [1.54, 1.807) is 0 Å². The van der Waals surface area contributed by atoms with Gasteiger partial charge in [0.1, 0.15) is 0 Å². The van der Waals surface area contributed by atoms with Gasteiger partial charge in [-0.15, -0.1) is 24.8 Å². The second kappa shape index (κ2) is 9.19. The largest absolute Gasteiger partial charge is 0.340 e. The van der Waals surface area contributed by atoms with Crippen molar-refractivity contribution >= 4 is 30.7 Å². The summed E-state index contributed by atoms with van der Waals surface area (Å²) in [6.07, 6.45) is 5.94. The Morgan fingerprint density at radius 2 is 1.71 bits per heavy atom. The van der Waals surface area contributed by atoms with Gasteiger partial charge in [0.05, 0.1) is 0 Å². The van der Waals surface area contributed by atoms with Crippen LogP contribution in [-0.2, 0) is 4.79 Å². The molecule has 2 heterocycles. The molecule has 6 heteroatoms. The number of amides is 1. The number of hydrogen-bond acceptors (Lipinski definition) is 3. The van der Waals surface area contributed by atoms with Gasteiger partial charge >= 0.3 is 0 Å². The van der Waals surface area contributed by atoms with Gasteiger partial charge in [0.15, 0.2) is 0 Å². The number of hydrogen-bond donors (Lipinski definition) is 1. The average Bonchev–Trinajstić information content (AvgIpc) is 3.09. The number of carbonyl (C=O) groups excluding carboxylic acids is 1. The van der Waals surface area contributed by atoms with Crippen LogP contribution in [0.3, 0.4) is 0 Å². The van der Waals surface area contributed by atoms with Gasteiger partial charge in [0.25, 0.3) is 0 Å². The Labute approximate surface area is 140 Å². The molecule has 2 aliphatic heterocycles. The molecule has 4 nitrogen and oxygen atoms in total. The minimum Gasteiger partial charge on any atom is -0.340 e. The lowest BCUT2D eigenvalue weighted by atomic mass is 10.0. The first kappa shape index (κ1) is 19.0. The summed E-state index contributed by atoms with van der Waals surface area (Å²) in [6.45, 7) is 7.61. The van der Waals surface area contributed by atoms with Crippen molar-refractivity contribution in [3.05, 3.63) is 0 Å². The summed E-state index contributed by atoms with van der Waals surface area (Å²) in [4.78, 5) is 16.8. The van der Waals surface area contributed by atoms with Crippen molar-refractivity contribution in [3.8, 4) is 0 Å². The summed E-state index contributed by atoms with van der Waals surface area (Å²) < 4.78 is 0. The van der Waals surface area contributed by atoms with E-state index in [2.05, 4.69) is 15.1 Å². The number of halogens is 2. The van der Waals surface area contributed by atoms with Crippen LogP contribution in [0.15, 0.2) is 0 Å². The maximum atomic E-state index is 12.2. The Kier molecular flexibility index (Phi) is 8.32. The molecule has 0 spiro atoms. The van der Waals surface area contributed by atoms with E-state index in [1.807, 2.05) is 0 Å². The Balaban J connectivity index is 0.00000110. The van der Waals surface area contributed by atoms with E-state index < -0.39 is 0 Å². The summed E-state index contributed by atoms with van der Waals surface area (Å²) in [6, 6.07) is 0. The molecule has 0 bridgehead atoms. The van der Waals surface area contributed by atoms with Gasteiger partial charge in [-0.1, -0.05) is 0 Å². The van der Waals surface area contributed by atoms with Crippen molar-refractivity contribution in [2.45, 2.75) is 32.1 Å². The van der Waals surface area contributed by atoms with Crippen molar-refractivity contribution in [3.63, 3.8) is 0 Å². The molecule has 0 aromatic carbocycles. The molecule has 1 N–H and O–H groups in total. The first-order valence-electron chi connectivity index (χ1n) is 8.02. The molecule has 2 saturated heterocycles. The van der Waals surface area contributed by atoms with Crippen LogP contribution in [0, 0.1) is 11.8 Å². The Morgan fingerprint density at radius 1 is 1.00 bits per heavy atom. The minimum absolute atomic E-state index is 0. The summed E-state index contributed by atoms with van der Waals surface area (Å²) >= 11 is 0. The highest BCUT2D eigenvalue weighted by Crippen LogP contribution is 2.30. The molecule has 0 aromatic rings. The van der Waals surface area contributed by atoms with Crippen molar-refractivity contribution < 1.29 is 4.79 Å². The predicted molar refractivity (Wildman–Crippen MR) is 90.5 cm³/mol. The molecular weight excluding hydrogens is 309 g/mol. The maximum Gasteiger partial charge on any atom is 0.222 e. The Hall–Kier alpha value is -0.0300. The molecule has 1 saturated carbocycles. The van der Waals surface area contributed by atoms with Gasteiger partial charge in [0, 0.05) is 39.1 Å². The van der Waals surface area contributed by atoms with Gasteiger partial charge in [-0.2, -0.15) is 0 Å². The molecule has 21 heavy (non-hydrogen) atoms. The van der Waals surface area contributed by atoms with Crippen LogP contribution in [0.5, 0.6) is 0 Å². The normalized spacial score (nSPS) is 26.1. The lowest BCUT2D eigenvalue weighted by molar-refractivity contribution is -0.133. The molecule has 1 aliphatic carbocycles. The molecule has 3 fully saturated rings. The van der Waals surface area contributed by atoms with Gasteiger partial charge in [-0.3, -0.25) is 9.69 Å². The first-order valence-corrected chi connectivity index (χ1v) is 8.02. The highest BCUT2D eigenvalue weighted by molar-refractivity contribution is 5.85. The zero-order valence-corrected chi connectivity index (χ0v) is 14.4. The summed E-state index contributed by atoms with van der Waals surface area (Å²) in [5.41, 5.74) is 0. The van der Waals surface area contributed by atoms with Crippen LogP contribution in [0.1, 0.15) is 32.1 Å². The van der Waals surface area contributed by atoms with Crippen molar-refractivity contribution in [1.82, 2.24) is 15.1 Å². The zero-order valence-electron chi connectivity index (χ0n) is 12.8. The van der Waals surface area contributed by atoms with E-state index in [0.717, 1.165) is 63.9 Å². The number of nitrogens with zero attached hydrogens (tertiary/aromatic N) is 2. The smallest absolute Gasteiger partial charge is 0.222 e. The Morgan fingerprint density at radius 3 is 2.29 bits per heavy atom. The van der Waals surface area contributed by atoms with E-state index in [1.165, 1.54) is 25.8 Å². The van der Waals surface area contributed by atoms with Crippen LogP contribution in [-0.4, -0.2) is 61.5 Å². The van der Waals surface area contributed by atoms with E-state index in [9.17, 15) is 4.79 Å². The Bertz CT molecular complexity index is 312. The minimum atomic E-state index is 0. The van der Waals surface area contributed by atoms with E-state index in [0.29, 0.717) is 5.91 Å². The van der Waals surface area contributed by atoms with Crippen LogP contribution < -0.4 is 5.32 Å². The van der Waals surface area contributed by atoms with Crippen molar-refractivity contribution in [2.75, 3.05) is 45.8 Å². The molecule has 1 unspecified atom stereocenters. The quantitative estimate of drug-likeness (QED) is 0.830. The van der Waals surface area contributed by atoms with Gasteiger partial charge in [-0.05, 0) is 50.6 Å². The number of piperazine rings is 1. The fraction of sp³-hybridized carbons (Fsp3) is 0.933. The zero-order chi connectivity index (χ0) is 13.1. The van der Waals surface area contributed by atoms with Gasteiger partial charge in [0.2, 0.25) is 5.91 Å². The molecule has 1 amide bonds. The summed E-state index contributed by atoms with van der Waals surface area (Å²) in [5.74, 6) is 2.09. The topological polar surface area (TPSA) is 35.6 Å². The second-order valence-electron chi connectivity index (χ2n) is 6.52. The fourth-order valence-corrected chi connectivity index (χ4v) is 3.29. The first-order chi connectivity index (χ1) is 9.31. The summed E-state index contributed by atoms with van der Waals surface area (Å²) in [5, 5.41) is 3.37. The van der Waals surface area contributed by atoms with E-state index in [4.69, 9.17) is 0 Å². The SMILES string of the molecule is Cl.Cl.O=C(CCC1CCNC1)N1CCN(CC2CC2)CC1. The fourth-order valence-electron chi connectivity index (χ4n) is 3.29. The van der Waals surface area contributed by atoms with E-state index >= 15 is 0 Å². The molecular formula is C15H29Cl2N3O. The number of rotatable bonds is 5. The lowest BCUT2D eigenvalue weighted by Gasteiger charge is -2.35. The van der Waals surface area contributed by atoms with Gasteiger partial charge in [-0.25, -0.2) is 0 Å². The predicted octanol–water partition coefficient (Wildman–Crippen LogP) is 1.77. The van der Waals surface area contributed by atoms with Crippen LogP contribution in [0.25, 0.3) is 0 Å². The van der Waals surface area contributed by atoms with Crippen LogP contribution in [0.2, 0.25) is 0 Å². The molecule has 3 rings (SSSR count). The average molecular weight is 338 g/mol. The van der Waals surface area contributed by atoms with Crippen molar-refractivity contribution in [1.29, 1.82) is 0 Å². The highest BCUT2D eigenvalue weighted by Gasteiger charge is 2.27. The molecule has 1 atom stereocenters. The van der Waals surface area contributed by atoms with Crippen molar-refractivity contribution in [2.24, 2.45) is 11.8 Å². The lowest BCUT2D eigenvalue weighted by Crippen LogP contribution is -2.49. The number of carbonyl (C=O) groups is 1. The molecule has 3 aliphatic rings. The highest BCUT2D eigenvalue weighted by atomic mass is 35.5. The molecule has 124 valence electrons. The second-order valence-corrected chi connectivity index (χ2v) is 6.52. The molecule has 0 aromatic heterocycles. The summed E-state index contributed by atoms with van der Waals surface area (Å²) in [7, 11) is 0. The van der Waals surface area contributed by atoms with E-state index in [-0.39, 0.29) is 24.8 Å². The third-order valence-corrected chi connectivity index (χ3v) is 4.87. The number of nitrogens with one attached hydrogen (secondary N) is 1. The van der Waals surface area contributed by atoms with Crippen LogP contribution >= 0.6 is 24.8 Å². The van der Waals surface area contributed by atoms with Gasteiger partial charge < -0.3 is 10.2 Å². The monoisotopic (exact) mass is 337 g/mol. The third kappa shape index (κ3) is 5.93. The van der Waals surface area contributed by atoms with Crippen LogP contribution in [0.4, 0.5) is 0 Å².